The van der Waals surface area contributed by atoms with E-state index in [1.165, 1.54) is 0 Å². The van der Waals surface area contributed by atoms with E-state index in [0.717, 1.165) is 12.8 Å². The Morgan fingerprint density at radius 1 is 1.33 bits per heavy atom. The first-order valence-corrected chi connectivity index (χ1v) is 4.50. The van der Waals surface area contributed by atoms with Crippen LogP contribution < -0.4 is 0 Å². The predicted octanol–water partition coefficient (Wildman–Crippen LogP) is 0.976. The molecule has 1 fully saturated rings. The van der Waals surface area contributed by atoms with Gasteiger partial charge in [0.15, 0.2) is 5.78 Å². The Bertz CT molecular complexity index is 197. The number of carbonyl (C=O) groups excluding carboxylic acids is 2. The van der Waals surface area contributed by atoms with Gasteiger partial charge in [-0.2, -0.15) is 0 Å². The Labute approximate surface area is 72.7 Å². The average molecular weight is 169 g/mol. The lowest BCUT2D eigenvalue weighted by Gasteiger charge is -2.24. The van der Waals surface area contributed by atoms with Crippen LogP contribution >= 0.6 is 0 Å². The summed E-state index contributed by atoms with van der Waals surface area (Å²) in [5, 5.41) is 0. The highest BCUT2D eigenvalue weighted by atomic mass is 16.2. The van der Waals surface area contributed by atoms with E-state index in [1.54, 1.807) is 4.90 Å². The van der Waals surface area contributed by atoms with E-state index in [1.807, 2.05) is 13.8 Å². The van der Waals surface area contributed by atoms with Crippen molar-refractivity contribution < 1.29 is 9.59 Å². The van der Waals surface area contributed by atoms with E-state index >= 15 is 0 Å². The smallest absolute Gasteiger partial charge is 0.230 e. The van der Waals surface area contributed by atoms with Gasteiger partial charge in [-0.1, -0.05) is 13.8 Å². The Morgan fingerprint density at radius 2 is 1.92 bits per heavy atom. The van der Waals surface area contributed by atoms with Gasteiger partial charge in [-0.05, 0) is 12.8 Å². The molecule has 0 aromatic carbocycles. The monoisotopic (exact) mass is 169 g/mol. The van der Waals surface area contributed by atoms with Crippen molar-refractivity contribution in [3.63, 3.8) is 0 Å². The minimum absolute atomic E-state index is 0.00806. The van der Waals surface area contributed by atoms with Gasteiger partial charge >= 0.3 is 0 Å². The zero-order valence-corrected chi connectivity index (χ0v) is 7.67. The minimum atomic E-state index is 0.00806. The van der Waals surface area contributed by atoms with Crippen LogP contribution in [0.1, 0.15) is 33.1 Å². The highest BCUT2D eigenvalue weighted by molar-refractivity contribution is 6.05. The summed E-state index contributed by atoms with van der Waals surface area (Å²) in [6.45, 7) is 4.43. The second-order valence-electron chi connectivity index (χ2n) is 3.21. The summed E-state index contributed by atoms with van der Waals surface area (Å²) in [5.41, 5.74) is 0. The second kappa shape index (κ2) is 3.70. The summed E-state index contributed by atoms with van der Waals surface area (Å²) in [7, 11) is 0. The van der Waals surface area contributed by atoms with Crippen molar-refractivity contribution in [1.29, 1.82) is 0 Å². The van der Waals surface area contributed by atoms with Crippen LogP contribution in [0.25, 0.3) is 0 Å². The zero-order valence-electron chi connectivity index (χ0n) is 7.67. The van der Waals surface area contributed by atoms with Crippen LogP contribution in [0, 0.1) is 0 Å². The van der Waals surface area contributed by atoms with Crippen molar-refractivity contribution in [2.45, 2.75) is 39.2 Å². The average Bonchev–Trinajstić information content (AvgIpc) is 2.34. The van der Waals surface area contributed by atoms with Gasteiger partial charge in [-0.25, -0.2) is 0 Å². The number of nitrogens with zero attached hydrogens (tertiary/aromatic N) is 1. The summed E-state index contributed by atoms with van der Waals surface area (Å²) >= 11 is 0. The Morgan fingerprint density at radius 3 is 2.25 bits per heavy atom. The Hall–Kier alpha value is -0.860. The normalized spacial score (nSPS) is 18.1. The van der Waals surface area contributed by atoms with Crippen LogP contribution in [-0.4, -0.2) is 29.2 Å². The van der Waals surface area contributed by atoms with Crippen molar-refractivity contribution in [2.75, 3.05) is 6.54 Å². The van der Waals surface area contributed by atoms with E-state index in [9.17, 15) is 9.59 Å². The van der Waals surface area contributed by atoms with Crippen LogP contribution in [-0.2, 0) is 9.59 Å². The van der Waals surface area contributed by atoms with Gasteiger partial charge < -0.3 is 4.90 Å². The maximum atomic E-state index is 11.2. The molecule has 0 aromatic heterocycles. The molecule has 3 heteroatoms. The van der Waals surface area contributed by atoms with Gasteiger partial charge in [0.05, 0.1) is 13.0 Å². The molecule has 1 amide bonds. The van der Waals surface area contributed by atoms with Gasteiger partial charge in [-0.15, -0.1) is 0 Å². The number of ketones is 1. The fraction of sp³-hybridized carbons (Fsp3) is 0.778. The number of carbonyl (C=O) groups is 2. The van der Waals surface area contributed by atoms with Crippen LogP contribution in [0.4, 0.5) is 0 Å². The van der Waals surface area contributed by atoms with Crippen molar-refractivity contribution in [1.82, 2.24) is 4.90 Å². The van der Waals surface area contributed by atoms with Crippen LogP contribution in [0.3, 0.4) is 0 Å². The van der Waals surface area contributed by atoms with Crippen molar-refractivity contribution in [3.8, 4) is 0 Å². The minimum Gasteiger partial charge on any atom is -0.332 e. The summed E-state index contributed by atoms with van der Waals surface area (Å²) in [4.78, 5) is 23.9. The molecule has 0 radical (unpaired) electrons. The molecule has 12 heavy (non-hydrogen) atoms. The molecule has 0 saturated carbocycles. The van der Waals surface area contributed by atoms with E-state index in [2.05, 4.69) is 0 Å². The summed E-state index contributed by atoms with van der Waals surface area (Å²) in [6, 6.07) is 0.268. The fourth-order valence-corrected chi connectivity index (χ4v) is 1.67. The molecule has 1 aliphatic rings. The number of hydrogen-bond donors (Lipinski definition) is 0. The third kappa shape index (κ3) is 1.65. The molecule has 68 valence electrons. The van der Waals surface area contributed by atoms with Crippen molar-refractivity contribution in [3.05, 3.63) is 0 Å². The van der Waals surface area contributed by atoms with Gasteiger partial charge in [0.25, 0.3) is 0 Å². The molecule has 0 bridgehead atoms. The fourth-order valence-electron chi connectivity index (χ4n) is 1.67. The predicted molar refractivity (Wildman–Crippen MR) is 45.7 cm³/mol. The standard InChI is InChI=1S/C9H15NO2/c1-3-7(4-2)10-6-8(11)5-9(10)12/h7H,3-6H2,1-2H3. The van der Waals surface area contributed by atoms with Crippen LogP contribution in [0.15, 0.2) is 0 Å². The lowest BCUT2D eigenvalue weighted by Crippen LogP contribution is -2.35. The highest BCUT2D eigenvalue weighted by Gasteiger charge is 2.30. The van der Waals surface area contributed by atoms with Crippen LogP contribution in [0.2, 0.25) is 0 Å². The largest absolute Gasteiger partial charge is 0.332 e. The molecular weight excluding hydrogens is 154 g/mol. The third-order valence-corrected chi connectivity index (χ3v) is 2.40. The molecule has 1 heterocycles. The summed E-state index contributed by atoms with van der Waals surface area (Å²) in [6.07, 6.45) is 2.00. The SMILES string of the molecule is CCC(CC)N1CC(=O)CC1=O. The lowest BCUT2D eigenvalue weighted by molar-refractivity contribution is -0.129. The molecule has 1 rings (SSSR count). The topological polar surface area (TPSA) is 37.4 Å². The first-order valence-electron chi connectivity index (χ1n) is 4.50. The molecule has 0 spiro atoms. The first-order chi connectivity index (χ1) is 5.69. The van der Waals surface area contributed by atoms with Gasteiger partial charge in [0.1, 0.15) is 0 Å². The zero-order chi connectivity index (χ0) is 9.14. The maximum Gasteiger partial charge on any atom is 0.230 e. The van der Waals surface area contributed by atoms with Crippen molar-refractivity contribution in [2.24, 2.45) is 0 Å². The number of rotatable bonds is 3. The number of likely N-dealkylation sites (tertiary alicyclic amines) is 1. The lowest BCUT2D eigenvalue weighted by atomic mass is 10.1. The quantitative estimate of drug-likeness (QED) is 0.590. The number of amides is 1. The molecule has 1 saturated heterocycles. The molecule has 0 aliphatic carbocycles. The van der Waals surface area contributed by atoms with E-state index in [4.69, 9.17) is 0 Å². The second-order valence-corrected chi connectivity index (χ2v) is 3.21. The summed E-state index contributed by atoms with van der Waals surface area (Å²) < 4.78 is 0. The van der Waals surface area contributed by atoms with E-state index in [0.29, 0.717) is 6.54 Å². The Kier molecular flexibility index (Phi) is 2.84. The first kappa shape index (κ1) is 9.23. The number of hydrogen-bond acceptors (Lipinski definition) is 2. The van der Waals surface area contributed by atoms with Crippen LogP contribution in [0.5, 0.6) is 0 Å². The van der Waals surface area contributed by atoms with Gasteiger partial charge in [0, 0.05) is 6.04 Å². The van der Waals surface area contributed by atoms with E-state index in [-0.39, 0.29) is 24.2 Å². The van der Waals surface area contributed by atoms with Crippen molar-refractivity contribution >= 4 is 11.7 Å². The van der Waals surface area contributed by atoms with Gasteiger partial charge in [-0.3, -0.25) is 9.59 Å². The van der Waals surface area contributed by atoms with E-state index < -0.39 is 0 Å². The molecule has 1 aliphatic heterocycles. The third-order valence-electron chi connectivity index (χ3n) is 2.40. The molecule has 0 aromatic rings. The molecule has 0 N–H and O–H groups in total. The highest BCUT2D eigenvalue weighted by Crippen LogP contribution is 2.15. The number of Topliss-reactive ketones (excluding diaryl/α,β-unsaturated/α-hetero) is 1. The molecule has 0 unspecified atom stereocenters. The Balaban J connectivity index is 2.62. The van der Waals surface area contributed by atoms with Gasteiger partial charge in [0.2, 0.25) is 5.91 Å². The maximum absolute atomic E-state index is 11.2. The summed E-state index contributed by atoms with van der Waals surface area (Å²) in [5.74, 6) is 0.0700. The molecule has 3 nitrogen and oxygen atoms in total. The molecule has 0 atom stereocenters. The molecular formula is C9H15NO2.